The number of nitrogens with zero attached hydrogens (tertiary/aromatic N) is 1. The molecule has 1 amide bonds. The van der Waals surface area contributed by atoms with Gasteiger partial charge >= 0.3 is 0 Å². The van der Waals surface area contributed by atoms with Crippen LogP contribution in [0.25, 0.3) is 11.1 Å². The maximum absolute atomic E-state index is 13.0. The van der Waals surface area contributed by atoms with E-state index in [1.54, 1.807) is 19.9 Å². The molecule has 0 aliphatic carbocycles. The largest absolute Gasteiger partial charge is 0.321 e. The summed E-state index contributed by atoms with van der Waals surface area (Å²) < 4.78 is 26.9. The van der Waals surface area contributed by atoms with Crippen molar-refractivity contribution in [2.75, 3.05) is 12.4 Å². The number of halogens is 1. The van der Waals surface area contributed by atoms with Gasteiger partial charge in [0.1, 0.15) is 0 Å². The Balaban J connectivity index is 1.96. The minimum Gasteiger partial charge on any atom is -0.321 e. The van der Waals surface area contributed by atoms with Gasteiger partial charge in [0.2, 0.25) is 10.0 Å². The van der Waals surface area contributed by atoms with Gasteiger partial charge in [-0.15, -0.1) is 0 Å². The highest BCUT2D eigenvalue weighted by Crippen LogP contribution is 2.29. The fourth-order valence-electron chi connectivity index (χ4n) is 2.93. The van der Waals surface area contributed by atoms with E-state index in [9.17, 15) is 13.2 Å². The van der Waals surface area contributed by atoms with Crippen LogP contribution >= 0.6 is 11.6 Å². The average Bonchev–Trinajstić information content (AvgIpc) is 2.74. The van der Waals surface area contributed by atoms with Crippen LogP contribution in [-0.4, -0.2) is 31.7 Å². The SMILES string of the molecule is CC(C)N(C)S(=O)(=O)c1ccc(Cl)c(C(=O)Nc2ccccc2-c2ccccc2)c1. The van der Waals surface area contributed by atoms with Gasteiger partial charge in [0.05, 0.1) is 15.5 Å². The monoisotopic (exact) mass is 442 g/mol. The maximum Gasteiger partial charge on any atom is 0.257 e. The van der Waals surface area contributed by atoms with Gasteiger partial charge in [-0.25, -0.2) is 8.42 Å². The van der Waals surface area contributed by atoms with Crippen molar-refractivity contribution in [3.63, 3.8) is 0 Å². The Bertz CT molecular complexity index is 1160. The molecule has 7 heteroatoms. The highest BCUT2D eigenvalue weighted by molar-refractivity contribution is 7.89. The number of carbonyl (C=O) groups excluding carboxylic acids is 1. The number of sulfonamides is 1. The molecule has 3 aromatic rings. The molecule has 0 radical (unpaired) electrons. The van der Waals surface area contributed by atoms with E-state index in [0.717, 1.165) is 11.1 Å². The Hall–Kier alpha value is -2.67. The standard InChI is InChI=1S/C23H23ClN2O3S/c1-16(2)26(3)30(28,29)18-13-14-21(24)20(15-18)23(27)25-22-12-8-7-11-19(22)17-9-5-4-6-10-17/h4-16H,1-3H3,(H,25,27). The van der Waals surface area contributed by atoms with Crippen LogP contribution in [0.1, 0.15) is 24.2 Å². The quantitative estimate of drug-likeness (QED) is 0.564. The smallest absolute Gasteiger partial charge is 0.257 e. The number of anilines is 1. The van der Waals surface area contributed by atoms with Crippen LogP contribution in [0.4, 0.5) is 5.69 Å². The molecule has 3 rings (SSSR count). The van der Waals surface area contributed by atoms with Crippen LogP contribution in [-0.2, 0) is 10.0 Å². The Morgan fingerprint density at radius 2 is 1.60 bits per heavy atom. The van der Waals surface area contributed by atoms with Gasteiger partial charge in [-0.1, -0.05) is 60.1 Å². The Labute approximate surface area is 182 Å². The van der Waals surface area contributed by atoms with E-state index >= 15 is 0 Å². The van der Waals surface area contributed by atoms with Gasteiger partial charge in [-0.2, -0.15) is 4.31 Å². The summed E-state index contributed by atoms with van der Waals surface area (Å²) in [6.45, 7) is 3.56. The molecule has 5 nitrogen and oxygen atoms in total. The number of hydrogen-bond donors (Lipinski definition) is 1. The molecule has 0 heterocycles. The van der Waals surface area contributed by atoms with E-state index in [0.29, 0.717) is 5.69 Å². The van der Waals surface area contributed by atoms with Crippen molar-refractivity contribution in [2.45, 2.75) is 24.8 Å². The van der Waals surface area contributed by atoms with Gasteiger partial charge in [0.25, 0.3) is 5.91 Å². The van der Waals surface area contributed by atoms with Crippen LogP contribution in [0, 0.1) is 0 Å². The first-order valence-electron chi connectivity index (χ1n) is 9.45. The highest BCUT2D eigenvalue weighted by atomic mass is 35.5. The van der Waals surface area contributed by atoms with Crippen molar-refractivity contribution in [3.05, 3.63) is 83.4 Å². The van der Waals surface area contributed by atoms with E-state index in [1.165, 1.54) is 29.6 Å². The van der Waals surface area contributed by atoms with Gasteiger partial charge in [0.15, 0.2) is 0 Å². The fourth-order valence-corrected chi connectivity index (χ4v) is 4.53. The first-order valence-corrected chi connectivity index (χ1v) is 11.3. The molecule has 0 aliphatic rings. The third kappa shape index (κ3) is 4.56. The Morgan fingerprint density at radius 1 is 0.967 bits per heavy atom. The lowest BCUT2D eigenvalue weighted by atomic mass is 10.0. The van der Waals surface area contributed by atoms with Crippen LogP contribution in [0.3, 0.4) is 0 Å². The lowest BCUT2D eigenvalue weighted by molar-refractivity contribution is 0.102. The third-order valence-electron chi connectivity index (χ3n) is 4.85. The number of amides is 1. The predicted octanol–water partition coefficient (Wildman–Crippen LogP) is 5.29. The van der Waals surface area contributed by atoms with Crippen molar-refractivity contribution in [3.8, 4) is 11.1 Å². The second-order valence-electron chi connectivity index (χ2n) is 7.12. The summed E-state index contributed by atoms with van der Waals surface area (Å²) in [7, 11) is -2.24. The highest BCUT2D eigenvalue weighted by Gasteiger charge is 2.25. The number of rotatable bonds is 6. The van der Waals surface area contributed by atoms with E-state index in [4.69, 9.17) is 11.6 Å². The second kappa shape index (κ2) is 9.00. The minimum atomic E-state index is -3.74. The summed E-state index contributed by atoms with van der Waals surface area (Å²) in [5, 5.41) is 3.04. The average molecular weight is 443 g/mol. The molecule has 156 valence electrons. The van der Waals surface area contributed by atoms with Crippen molar-refractivity contribution in [2.24, 2.45) is 0 Å². The second-order valence-corrected chi connectivity index (χ2v) is 9.53. The zero-order valence-corrected chi connectivity index (χ0v) is 18.5. The summed E-state index contributed by atoms with van der Waals surface area (Å²) >= 11 is 6.24. The summed E-state index contributed by atoms with van der Waals surface area (Å²) in [4.78, 5) is 13.0. The van der Waals surface area contributed by atoms with Crippen molar-refractivity contribution >= 4 is 33.2 Å². The van der Waals surface area contributed by atoms with Gasteiger partial charge in [-0.05, 0) is 43.7 Å². The van der Waals surface area contributed by atoms with Crippen LogP contribution < -0.4 is 5.32 Å². The van der Waals surface area contributed by atoms with Gasteiger partial charge < -0.3 is 5.32 Å². The fraction of sp³-hybridized carbons (Fsp3) is 0.174. The number of hydrogen-bond acceptors (Lipinski definition) is 3. The number of carbonyl (C=O) groups is 1. The lowest BCUT2D eigenvalue weighted by Crippen LogP contribution is -2.33. The number of benzene rings is 3. The third-order valence-corrected chi connectivity index (χ3v) is 7.21. The van der Waals surface area contributed by atoms with E-state index in [-0.39, 0.29) is 21.5 Å². The minimum absolute atomic E-state index is 0.0181. The molecule has 0 unspecified atom stereocenters. The molecule has 0 bridgehead atoms. The van der Waals surface area contributed by atoms with E-state index < -0.39 is 15.9 Å². The predicted molar refractivity (Wildman–Crippen MR) is 121 cm³/mol. The van der Waals surface area contributed by atoms with Crippen molar-refractivity contribution < 1.29 is 13.2 Å². The topological polar surface area (TPSA) is 66.5 Å². The molecule has 30 heavy (non-hydrogen) atoms. The lowest BCUT2D eigenvalue weighted by Gasteiger charge is -2.21. The maximum atomic E-state index is 13.0. The molecule has 0 aromatic heterocycles. The normalized spacial score (nSPS) is 11.7. The zero-order chi connectivity index (χ0) is 21.9. The van der Waals surface area contributed by atoms with Gasteiger partial charge in [-0.3, -0.25) is 4.79 Å². The van der Waals surface area contributed by atoms with Crippen LogP contribution in [0.15, 0.2) is 77.7 Å². The van der Waals surface area contributed by atoms with Crippen molar-refractivity contribution in [1.82, 2.24) is 4.31 Å². The first kappa shape index (κ1) is 22.0. The Kier molecular flexibility index (Phi) is 6.61. The molecular formula is C23H23ClN2O3S. The molecule has 0 aliphatic heterocycles. The molecular weight excluding hydrogens is 420 g/mol. The van der Waals surface area contributed by atoms with E-state index in [2.05, 4.69) is 5.32 Å². The molecule has 0 fully saturated rings. The molecule has 0 saturated heterocycles. The molecule has 0 spiro atoms. The van der Waals surface area contributed by atoms with Crippen LogP contribution in [0.2, 0.25) is 5.02 Å². The Morgan fingerprint density at radius 3 is 2.27 bits per heavy atom. The molecule has 0 atom stereocenters. The number of para-hydroxylation sites is 1. The first-order chi connectivity index (χ1) is 14.2. The summed E-state index contributed by atoms with van der Waals surface area (Å²) in [5.41, 5.74) is 2.51. The number of nitrogens with one attached hydrogen (secondary N) is 1. The molecule has 0 saturated carbocycles. The van der Waals surface area contributed by atoms with Crippen LogP contribution in [0.5, 0.6) is 0 Å². The summed E-state index contributed by atoms with van der Waals surface area (Å²) in [5.74, 6) is -0.479. The zero-order valence-electron chi connectivity index (χ0n) is 17.0. The molecule has 3 aromatic carbocycles. The summed E-state index contributed by atoms with van der Waals surface area (Å²) in [6, 6.07) is 21.0. The molecule has 1 N–H and O–H groups in total. The van der Waals surface area contributed by atoms with Gasteiger partial charge in [0, 0.05) is 24.3 Å². The van der Waals surface area contributed by atoms with Crippen molar-refractivity contribution in [1.29, 1.82) is 0 Å². The van der Waals surface area contributed by atoms with E-state index in [1.807, 2.05) is 48.5 Å². The summed E-state index contributed by atoms with van der Waals surface area (Å²) in [6.07, 6.45) is 0.